The van der Waals surface area contributed by atoms with Crippen molar-refractivity contribution in [3.8, 4) is 0 Å². The summed E-state index contributed by atoms with van der Waals surface area (Å²) in [6, 6.07) is 7.60. The monoisotopic (exact) mass is 263 g/mol. The summed E-state index contributed by atoms with van der Waals surface area (Å²) in [5, 5.41) is 12.6. The lowest BCUT2D eigenvalue weighted by Crippen LogP contribution is -2.39. The first-order valence-electron chi connectivity index (χ1n) is 6.78. The van der Waals surface area contributed by atoms with E-state index in [1.165, 1.54) is 5.56 Å². The summed E-state index contributed by atoms with van der Waals surface area (Å²) in [7, 11) is 0. The first kappa shape index (κ1) is 15.7. The molecule has 3 heteroatoms. The molecular formula is C16H25NO2. The average Bonchev–Trinajstić information content (AvgIpc) is 2.34. The van der Waals surface area contributed by atoms with E-state index in [9.17, 15) is 9.90 Å². The number of rotatable bonds is 4. The molecule has 1 aromatic rings. The smallest absolute Gasteiger partial charge is 0.251 e. The van der Waals surface area contributed by atoms with E-state index in [1.807, 2.05) is 45.0 Å². The van der Waals surface area contributed by atoms with E-state index in [-0.39, 0.29) is 17.9 Å². The Morgan fingerprint density at radius 3 is 2.16 bits per heavy atom. The van der Waals surface area contributed by atoms with Crippen LogP contribution in [0.4, 0.5) is 0 Å². The highest BCUT2D eigenvalue weighted by atomic mass is 16.3. The number of aliphatic hydroxyl groups excluding tert-OH is 1. The van der Waals surface area contributed by atoms with Gasteiger partial charge >= 0.3 is 0 Å². The standard InChI is InChI=1S/C16H25NO2/c1-11(2)12-6-8-13(9-7-12)15(19)17-10-14(18)16(3,4)5/h6-9,11,14,18H,10H2,1-5H3,(H,17,19). The van der Waals surface area contributed by atoms with Crippen molar-refractivity contribution in [2.75, 3.05) is 6.54 Å². The van der Waals surface area contributed by atoms with Gasteiger partial charge in [-0.25, -0.2) is 0 Å². The third kappa shape index (κ3) is 4.67. The minimum Gasteiger partial charge on any atom is -0.391 e. The Morgan fingerprint density at radius 2 is 1.74 bits per heavy atom. The molecule has 1 atom stereocenters. The molecule has 0 radical (unpaired) electrons. The molecule has 0 fully saturated rings. The normalized spacial score (nSPS) is 13.4. The molecule has 1 amide bonds. The zero-order valence-electron chi connectivity index (χ0n) is 12.5. The molecule has 0 saturated carbocycles. The quantitative estimate of drug-likeness (QED) is 0.877. The minimum atomic E-state index is -0.550. The Labute approximate surface area is 116 Å². The van der Waals surface area contributed by atoms with E-state index < -0.39 is 6.10 Å². The number of carbonyl (C=O) groups is 1. The summed E-state index contributed by atoms with van der Waals surface area (Å²) in [5.41, 5.74) is 1.62. The van der Waals surface area contributed by atoms with Crippen LogP contribution >= 0.6 is 0 Å². The van der Waals surface area contributed by atoms with E-state index >= 15 is 0 Å². The maximum absolute atomic E-state index is 11.9. The summed E-state index contributed by atoms with van der Waals surface area (Å²) in [6.45, 7) is 10.3. The van der Waals surface area contributed by atoms with Crippen LogP contribution in [0.15, 0.2) is 24.3 Å². The Kier molecular flexibility index (Phi) is 5.12. The van der Waals surface area contributed by atoms with Crippen molar-refractivity contribution >= 4 is 5.91 Å². The van der Waals surface area contributed by atoms with Crippen LogP contribution in [-0.2, 0) is 0 Å². The second-order valence-electron chi connectivity index (χ2n) is 6.37. The van der Waals surface area contributed by atoms with Crippen molar-refractivity contribution < 1.29 is 9.90 Å². The van der Waals surface area contributed by atoms with Crippen molar-refractivity contribution in [1.29, 1.82) is 0 Å². The Bertz CT molecular complexity index is 415. The molecule has 1 rings (SSSR count). The maximum Gasteiger partial charge on any atom is 0.251 e. The topological polar surface area (TPSA) is 49.3 Å². The molecular weight excluding hydrogens is 238 g/mol. The van der Waals surface area contributed by atoms with Crippen LogP contribution in [0, 0.1) is 5.41 Å². The van der Waals surface area contributed by atoms with Gasteiger partial charge in [0, 0.05) is 12.1 Å². The van der Waals surface area contributed by atoms with Crippen LogP contribution in [0.5, 0.6) is 0 Å². The van der Waals surface area contributed by atoms with Crippen LogP contribution in [0.1, 0.15) is 56.5 Å². The molecule has 0 aliphatic carbocycles. The first-order valence-corrected chi connectivity index (χ1v) is 6.78. The van der Waals surface area contributed by atoms with E-state index in [0.717, 1.165) is 0 Å². The summed E-state index contributed by atoms with van der Waals surface area (Å²) in [4.78, 5) is 11.9. The van der Waals surface area contributed by atoms with Crippen LogP contribution in [-0.4, -0.2) is 23.7 Å². The lowest BCUT2D eigenvalue weighted by molar-refractivity contribution is 0.0587. The van der Waals surface area contributed by atoms with Gasteiger partial charge in [0.05, 0.1) is 6.10 Å². The van der Waals surface area contributed by atoms with Gasteiger partial charge in [-0.3, -0.25) is 4.79 Å². The van der Waals surface area contributed by atoms with Gasteiger partial charge in [0.25, 0.3) is 5.91 Å². The van der Waals surface area contributed by atoms with Crippen molar-refractivity contribution in [2.24, 2.45) is 5.41 Å². The van der Waals surface area contributed by atoms with Crippen molar-refractivity contribution in [3.05, 3.63) is 35.4 Å². The Hall–Kier alpha value is -1.35. The van der Waals surface area contributed by atoms with Crippen LogP contribution in [0.3, 0.4) is 0 Å². The fraction of sp³-hybridized carbons (Fsp3) is 0.562. The number of hydrogen-bond donors (Lipinski definition) is 2. The van der Waals surface area contributed by atoms with Crippen molar-refractivity contribution in [1.82, 2.24) is 5.32 Å². The number of hydrogen-bond acceptors (Lipinski definition) is 2. The van der Waals surface area contributed by atoms with Gasteiger partial charge in [0.15, 0.2) is 0 Å². The predicted octanol–water partition coefficient (Wildman–Crippen LogP) is 2.95. The fourth-order valence-electron chi connectivity index (χ4n) is 1.62. The maximum atomic E-state index is 11.9. The molecule has 0 saturated heterocycles. The second kappa shape index (κ2) is 6.20. The molecule has 2 N–H and O–H groups in total. The summed E-state index contributed by atoms with van der Waals surface area (Å²) in [6.07, 6.45) is -0.550. The van der Waals surface area contributed by atoms with Crippen molar-refractivity contribution in [2.45, 2.75) is 46.6 Å². The molecule has 3 nitrogen and oxygen atoms in total. The number of nitrogens with one attached hydrogen (secondary N) is 1. The third-order valence-corrected chi connectivity index (χ3v) is 3.30. The van der Waals surface area contributed by atoms with Crippen LogP contribution in [0.25, 0.3) is 0 Å². The number of carbonyl (C=O) groups excluding carboxylic acids is 1. The largest absolute Gasteiger partial charge is 0.391 e. The zero-order chi connectivity index (χ0) is 14.6. The summed E-state index contributed by atoms with van der Waals surface area (Å²) < 4.78 is 0. The molecule has 1 aromatic carbocycles. The number of aliphatic hydroxyl groups is 1. The summed E-state index contributed by atoms with van der Waals surface area (Å²) >= 11 is 0. The molecule has 0 aromatic heterocycles. The Morgan fingerprint density at radius 1 is 1.21 bits per heavy atom. The average molecular weight is 263 g/mol. The molecule has 0 aliphatic heterocycles. The number of amides is 1. The third-order valence-electron chi connectivity index (χ3n) is 3.30. The van der Waals surface area contributed by atoms with Gasteiger partial charge < -0.3 is 10.4 Å². The highest BCUT2D eigenvalue weighted by Gasteiger charge is 2.22. The van der Waals surface area contributed by atoms with Gasteiger partial charge in [0.1, 0.15) is 0 Å². The van der Waals surface area contributed by atoms with E-state index in [0.29, 0.717) is 11.5 Å². The molecule has 0 bridgehead atoms. The lowest BCUT2D eigenvalue weighted by atomic mass is 9.89. The minimum absolute atomic E-state index is 0.140. The Balaban J connectivity index is 2.59. The number of benzene rings is 1. The van der Waals surface area contributed by atoms with Crippen LogP contribution in [0.2, 0.25) is 0 Å². The van der Waals surface area contributed by atoms with Gasteiger partial charge in [0.2, 0.25) is 0 Å². The van der Waals surface area contributed by atoms with E-state index in [4.69, 9.17) is 0 Å². The molecule has 0 spiro atoms. The zero-order valence-corrected chi connectivity index (χ0v) is 12.5. The fourth-order valence-corrected chi connectivity index (χ4v) is 1.62. The second-order valence-corrected chi connectivity index (χ2v) is 6.37. The predicted molar refractivity (Wildman–Crippen MR) is 78.3 cm³/mol. The van der Waals surface area contributed by atoms with E-state index in [1.54, 1.807) is 0 Å². The highest BCUT2D eigenvalue weighted by Crippen LogP contribution is 2.18. The van der Waals surface area contributed by atoms with Gasteiger partial charge in [-0.15, -0.1) is 0 Å². The highest BCUT2D eigenvalue weighted by molar-refractivity contribution is 5.94. The molecule has 106 valence electrons. The molecule has 19 heavy (non-hydrogen) atoms. The lowest BCUT2D eigenvalue weighted by Gasteiger charge is -2.25. The van der Waals surface area contributed by atoms with E-state index in [2.05, 4.69) is 19.2 Å². The van der Waals surface area contributed by atoms with Gasteiger partial charge in [-0.1, -0.05) is 46.8 Å². The SMILES string of the molecule is CC(C)c1ccc(C(=O)NCC(O)C(C)(C)C)cc1. The molecule has 1 unspecified atom stereocenters. The van der Waals surface area contributed by atoms with Gasteiger partial charge in [-0.2, -0.15) is 0 Å². The van der Waals surface area contributed by atoms with Crippen molar-refractivity contribution in [3.63, 3.8) is 0 Å². The molecule has 0 aliphatic rings. The van der Waals surface area contributed by atoms with Crippen LogP contribution < -0.4 is 5.32 Å². The molecule has 0 heterocycles. The first-order chi connectivity index (χ1) is 8.71. The summed E-state index contributed by atoms with van der Waals surface area (Å²) in [5.74, 6) is 0.318. The van der Waals surface area contributed by atoms with Gasteiger partial charge in [-0.05, 0) is 29.0 Å².